The van der Waals surface area contributed by atoms with Crippen LogP contribution in [0.15, 0.2) is 53.4 Å². The van der Waals surface area contributed by atoms with Crippen molar-refractivity contribution in [3.63, 3.8) is 0 Å². The summed E-state index contributed by atoms with van der Waals surface area (Å²) in [5.41, 5.74) is 0.936. The van der Waals surface area contributed by atoms with Gasteiger partial charge >= 0.3 is 0 Å². The van der Waals surface area contributed by atoms with Crippen molar-refractivity contribution in [1.29, 1.82) is 0 Å². The fourth-order valence-corrected chi connectivity index (χ4v) is 5.34. The van der Waals surface area contributed by atoms with E-state index in [-0.39, 0.29) is 17.7 Å². The SMILES string of the molecule is O=C(CCc1ccc(Cl)c(Cl)c1)N1CCCC1CS(=O)(=O)c1ccccc1. The highest BCUT2D eigenvalue weighted by Crippen LogP contribution is 2.25. The fraction of sp³-hybridized carbons (Fsp3) is 0.350. The Bertz CT molecular complexity index is 916. The maximum absolute atomic E-state index is 12.7. The van der Waals surface area contributed by atoms with Gasteiger partial charge < -0.3 is 4.90 Å². The van der Waals surface area contributed by atoms with Gasteiger partial charge in [0, 0.05) is 19.0 Å². The van der Waals surface area contributed by atoms with Crippen molar-refractivity contribution < 1.29 is 13.2 Å². The maximum atomic E-state index is 12.7. The second-order valence-corrected chi connectivity index (χ2v) is 9.57. The van der Waals surface area contributed by atoms with E-state index < -0.39 is 9.84 Å². The molecule has 0 aliphatic carbocycles. The minimum Gasteiger partial charge on any atom is -0.339 e. The number of amides is 1. The minimum atomic E-state index is -3.41. The van der Waals surface area contributed by atoms with E-state index in [1.807, 2.05) is 6.07 Å². The Balaban J connectivity index is 1.63. The molecule has 3 rings (SSSR count). The summed E-state index contributed by atoms with van der Waals surface area (Å²) in [5.74, 6) is -0.0537. The average molecular weight is 426 g/mol. The first-order chi connectivity index (χ1) is 12.9. The van der Waals surface area contributed by atoms with Crippen LogP contribution in [0.5, 0.6) is 0 Å². The van der Waals surface area contributed by atoms with E-state index in [4.69, 9.17) is 23.2 Å². The summed E-state index contributed by atoms with van der Waals surface area (Å²) in [6.07, 6.45) is 2.41. The molecule has 1 fully saturated rings. The molecule has 0 spiro atoms. The number of carbonyl (C=O) groups excluding carboxylic acids is 1. The topological polar surface area (TPSA) is 54.5 Å². The Labute approximate surface area is 170 Å². The molecule has 0 saturated carbocycles. The molecular weight excluding hydrogens is 405 g/mol. The van der Waals surface area contributed by atoms with Gasteiger partial charge in [-0.15, -0.1) is 0 Å². The number of hydrogen-bond acceptors (Lipinski definition) is 3. The lowest BCUT2D eigenvalue weighted by molar-refractivity contribution is -0.131. The Kier molecular flexibility index (Phi) is 6.45. The van der Waals surface area contributed by atoms with Crippen molar-refractivity contribution in [3.05, 3.63) is 64.1 Å². The quantitative estimate of drug-likeness (QED) is 0.689. The predicted octanol–water partition coefficient (Wildman–Crippen LogP) is 4.39. The molecule has 1 heterocycles. The largest absolute Gasteiger partial charge is 0.339 e. The number of rotatable bonds is 6. The van der Waals surface area contributed by atoms with Gasteiger partial charge in [0.1, 0.15) is 0 Å². The summed E-state index contributed by atoms with van der Waals surface area (Å²) in [6.45, 7) is 0.606. The summed E-state index contributed by atoms with van der Waals surface area (Å²) in [4.78, 5) is 14.7. The molecule has 1 saturated heterocycles. The number of benzene rings is 2. The highest BCUT2D eigenvalue weighted by Gasteiger charge is 2.32. The molecule has 1 aliphatic rings. The van der Waals surface area contributed by atoms with Crippen LogP contribution < -0.4 is 0 Å². The second kappa shape index (κ2) is 8.63. The van der Waals surface area contributed by atoms with Gasteiger partial charge in [-0.2, -0.15) is 0 Å². The fourth-order valence-electron chi connectivity index (χ4n) is 3.40. The van der Waals surface area contributed by atoms with Gasteiger partial charge in [0.15, 0.2) is 9.84 Å². The van der Waals surface area contributed by atoms with Gasteiger partial charge in [0.25, 0.3) is 0 Å². The molecule has 2 aromatic carbocycles. The molecule has 144 valence electrons. The Morgan fingerprint density at radius 3 is 2.52 bits per heavy atom. The van der Waals surface area contributed by atoms with Crippen LogP contribution >= 0.6 is 23.2 Å². The van der Waals surface area contributed by atoms with Gasteiger partial charge in [-0.25, -0.2) is 8.42 Å². The lowest BCUT2D eigenvalue weighted by atomic mass is 10.1. The molecule has 1 amide bonds. The third-order valence-electron chi connectivity index (χ3n) is 4.82. The van der Waals surface area contributed by atoms with Crippen LogP contribution in [0.25, 0.3) is 0 Å². The van der Waals surface area contributed by atoms with Crippen molar-refractivity contribution >= 4 is 38.9 Å². The summed E-state index contributed by atoms with van der Waals surface area (Å²) >= 11 is 11.9. The van der Waals surface area contributed by atoms with E-state index in [9.17, 15) is 13.2 Å². The van der Waals surface area contributed by atoms with Crippen molar-refractivity contribution in [3.8, 4) is 0 Å². The molecule has 0 N–H and O–H groups in total. The molecule has 27 heavy (non-hydrogen) atoms. The zero-order valence-electron chi connectivity index (χ0n) is 14.8. The maximum Gasteiger partial charge on any atom is 0.223 e. The van der Waals surface area contributed by atoms with Crippen LogP contribution in [-0.4, -0.2) is 37.6 Å². The molecule has 0 radical (unpaired) electrons. The van der Waals surface area contributed by atoms with Crippen molar-refractivity contribution in [1.82, 2.24) is 4.90 Å². The normalized spacial score (nSPS) is 17.3. The minimum absolute atomic E-state index is 0.0214. The zero-order chi connectivity index (χ0) is 19.4. The summed E-state index contributed by atoms with van der Waals surface area (Å²) in [6, 6.07) is 13.5. The summed E-state index contributed by atoms with van der Waals surface area (Å²) in [5, 5.41) is 0.951. The summed E-state index contributed by atoms with van der Waals surface area (Å²) < 4.78 is 25.3. The first-order valence-corrected chi connectivity index (χ1v) is 11.3. The molecule has 0 aromatic heterocycles. The van der Waals surface area contributed by atoms with Crippen LogP contribution in [0.2, 0.25) is 10.0 Å². The smallest absolute Gasteiger partial charge is 0.223 e. The van der Waals surface area contributed by atoms with Crippen LogP contribution in [-0.2, 0) is 21.1 Å². The molecule has 1 aliphatic heterocycles. The van der Waals surface area contributed by atoms with E-state index in [0.29, 0.717) is 40.7 Å². The van der Waals surface area contributed by atoms with Crippen LogP contribution in [0, 0.1) is 0 Å². The lowest BCUT2D eigenvalue weighted by Crippen LogP contribution is -2.39. The third-order valence-corrected chi connectivity index (χ3v) is 7.38. The lowest BCUT2D eigenvalue weighted by Gasteiger charge is -2.24. The van der Waals surface area contributed by atoms with Gasteiger partial charge in [0.2, 0.25) is 5.91 Å². The van der Waals surface area contributed by atoms with Crippen LogP contribution in [0.1, 0.15) is 24.8 Å². The van der Waals surface area contributed by atoms with Gasteiger partial charge in [-0.1, -0.05) is 47.5 Å². The average Bonchev–Trinajstić information content (AvgIpc) is 3.10. The first-order valence-electron chi connectivity index (χ1n) is 8.88. The number of nitrogens with zero attached hydrogens (tertiary/aromatic N) is 1. The molecule has 2 aromatic rings. The Morgan fingerprint density at radius 2 is 1.81 bits per heavy atom. The predicted molar refractivity (Wildman–Crippen MR) is 108 cm³/mol. The zero-order valence-corrected chi connectivity index (χ0v) is 17.1. The number of hydrogen-bond donors (Lipinski definition) is 0. The van der Waals surface area contributed by atoms with Crippen molar-refractivity contribution in [2.45, 2.75) is 36.6 Å². The Hall–Kier alpha value is -1.56. The molecule has 0 bridgehead atoms. The molecular formula is C20H21Cl2NO3S. The summed E-state index contributed by atoms with van der Waals surface area (Å²) in [7, 11) is -3.41. The molecule has 1 unspecified atom stereocenters. The van der Waals surface area contributed by atoms with Crippen molar-refractivity contribution in [2.24, 2.45) is 0 Å². The second-order valence-electron chi connectivity index (χ2n) is 6.73. The highest BCUT2D eigenvalue weighted by molar-refractivity contribution is 7.91. The molecule has 4 nitrogen and oxygen atoms in total. The Morgan fingerprint density at radius 1 is 1.07 bits per heavy atom. The van der Waals surface area contributed by atoms with E-state index in [1.54, 1.807) is 47.4 Å². The third kappa shape index (κ3) is 5.03. The van der Waals surface area contributed by atoms with Gasteiger partial charge in [-0.3, -0.25) is 4.79 Å². The standard InChI is InChI=1S/C20H21Cl2NO3S/c21-18-10-8-15(13-19(18)22)9-11-20(24)23-12-4-5-16(23)14-27(25,26)17-6-2-1-3-7-17/h1-3,6-8,10,13,16H,4-5,9,11-12,14H2. The molecule has 7 heteroatoms. The van der Waals surface area contributed by atoms with Crippen LogP contribution in [0.4, 0.5) is 0 Å². The number of carbonyl (C=O) groups is 1. The van der Waals surface area contributed by atoms with Gasteiger partial charge in [0.05, 0.1) is 20.7 Å². The van der Waals surface area contributed by atoms with Crippen LogP contribution in [0.3, 0.4) is 0 Å². The highest BCUT2D eigenvalue weighted by atomic mass is 35.5. The van der Waals surface area contributed by atoms with E-state index in [1.165, 1.54) is 0 Å². The van der Waals surface area contributed by atoms with E-state index >= 15 is 0 Å². The number of aryl methyl sites for hydroxylation is 1. The number of sulfone groups is 1. The van der Waals surface area contributed by atoms with E-state index in [0.717, 1.165) is 12.0 Å². The first kappa shape index (κ1) is 20.2. The monoisotopic (exact) mass is 425 g/mol. The number of likely N-dealkylation sites (tertiary alicyclic amines) is 1. The van der Waals surface area contributed by atoms with Crippen molar-refractivity contribution in [2.75, 3.05) is 12.3 Å². The number of halogens is 2. The molecule has 1 atom stereocenters. The van der Waals surface area contributed by atoms with Gasteiger partial charge in [-0.05, 0) is 49.1 Å². The van der Waals surface area contributed by atoms with E-state index in [2.05, 4.69) is 0 Å².